The van der Waals surface area contributed by atoms with E-state index in [-0.39, 0.29) is 0 Å². The number of aliphatic imine (C=N–C) groups is 1. The molecule has 0 amide bonds. The van der Waals surface area contributed by atoms with E-state index in [0.717, 1.165) is 34.9 Å². The van der Waals surface area contributed by atoms with Crippen LogP contribution in [-0.2, 0) is 0 Å². The van der Waals surface area contributed by atoms with Crippen molar-refractivity contribution in [2.24, 2.45) is 4.99 Å². The van der Waals surface area contributed by atoms with Gasteiger partial charge in [0.05, 0.1) is 11.4 Å². The fourth-order valence-corrected chi connectivity index (χ4v) is 3.26. The monoisotopic (exact) mass is 371 g/mol. The van der Waals surface area contributed by atoms with E-state index in [2.05, 4.69) is 64.3 Å². The summed E-state index contributed by atoms with van der Waals surface area (Å²) in [6.07, 6.45) is 2.45. The average molecular weight is 372 g/mol. The quantitative estimate of drug-likeness (QED) is 0.575. The van der Waals surface area contributed by atoms with Crippen LogP contribution < -0.4 is 5.32 Å². The lowest BCUT2D eigenvalue weighted by atomic mass is 10.1. The van der Waals surface area contributed by atoms with Gasteiger partial charge in [0, 0.05) is 17.6 Å². The van der Waals surface area contributed by atoms with Crippen LogP contribution in [-0.4, -0.2) is 23.9 Å². The number of rotatable bonds is 2. The number of nitrogens with zero attached hydrogens (tertiary/aromatic N) is 2. The van der Waals surface area contributed by atoms with E-state index in [0.29, 0.717) is 0 Å². The zero-order chi connectivity index (χ0) is 16.2. The minimum Gasteiger partial charge on any atom is -0.342 e. The summed E-state index contributed by atoms with van der Waals surface area (Å²) in [7, 11) is 0. The number of likely N-dealkylation sites (tertiary alicyclic amines) is 1. The van der Waals surface area contributed by atoms with Gasteiger partial charge in [-0.25, -0.2) is 4.99 Å². The number of guanidine groups is 1. The first kappa shape index (κ1) is 16.1. The Kier molecular flexibility index (Phi) is 5.01. The van der Waals surface area contributed by atoms with Crippen LogP contribution in [0.5, 0.6) is 0 Å². The number of nitrogens with one attached hydrogen (secondary N) is 1. The van der Waals surface area contributed by atoms with Crippen molar-refractivity contribution in [1.29, 1.82) is 0 Å². The molecule has 0 spiro atoms. The largest absolute Gasteiger partial charge is 0.342 e. The third-order valence-electron chi connectivity index (χ3n) is 4.18. The summed E-state index contributed by atoms with van der Waals surface area (Å²) in [5.74, 6) is 0.937. The molecule has 0 radical (unpaired) electrons. The molecule has 1 N–H and O–H groups in total. The van der Waals surface area contributed by atoms with Crippen molar-refractivity contribution >= 4 is 33.3 Å². The highest BCUT2D eigenvalue weighted by atomic mass is 79.9. The molecular formula is C19H22BrN3. The Bertz CT molecular complexity index is 698. The molecular weight excluding hydrogens is 350 g/mol. The number of anilines is 1. The molecule has 3 rings (SSSR count). The molecule has 3 nitrogen and oxygen atoms in total. The second kappa shape index (κ2) is 7.18. The van der Waals surface area contributed by atoms with Crippen LogP contribution in [0.15, 0.2) is 51.9 Å². The van der Waals surface area contributed by atoms with Crippen LogP contribution in [0.3, 0.4) is 0 Å². The number of hydrogen-bond acceptors (Lipinski definition) is 1. The molecule has 1 aliphatic rings. The van der Waals surface area contributed by atoms with Gasteiger partial charge in [0.2, 0.25) is 5.96 Å². The maximum Gasteiger partial charge on any atom is 0.203 e. The highest BCUT2D eigenvalue weighted by Crippen LogP contribution is 2.26. The summed E-state index contributed by atoms with van der Waals surface area (Å²) >= 11 is 3.61. The van der Waals surface area contributed by atoms with Gasteiger partial charge in [0.1, 0.15) is 0 Å². The van der Waals surface area contributed by atoms with Gasteiger partial charge >= 0.3 is 0 Å². The van der Waals surface area contributed by atoms with Crippen LogP contribution >= 0.6 is 15.9 Å². The first-order valence-electron chi connectivity index (χ1n) is 8.06. The van der Waals surface area contributed by atoms with Crippen molar-refractivity contribution in [2.75, 3.05) is 18.4 Å². The Labute approximate surface area is 146 Å². The van der Waals surface area contributed by atoms with E-state index in [1.165, 1.54) is 24.0 Å². The number of para-hydroxylation sites is 2. The highest BCUT2D eigenvalue weighted by molar-refractivity contribution is 9.10. The molecule has 0 bridgehead atoms. The Morgan fingerprint density at radius 2 is 1.65 bits per heavy atom. The summed E-state index contributed by atoms with van der Waals surface area (Å²) < 4.78 is 1.05. The fourth-order valence-electron chi connectivity index (χ4n) is 2.88. The van der Waals surface area contributed by atoms with Gasteiger partial charge in [0.15, 0.2) is 0 Å². The van der Waals surface area contributed by atoms with Crippen molar-refractivity contribution in [3.05, 3.63) is 58.1 Å². The van der Waals surface area contributed by atoms with Crippen LogP contribution in [0, 0.1) is 13.8 Å². The van der Waals surface area contributed by atoms with Crippen LogP contribution in [0.1, 0.15) is 24.0 Å². The van der Waals surface area contributed by atoms with E-state index in [1.807, 2.05) is 18.2 Å². The molecule has 0 saturated carbocycles. The summed E-state index contributed by atoms with van der Waals surface area (Å²) in [5, 5.41) is 3.52. The maximum atomic E-state index is 4.99. The van der Waals surface area contributed by atoms with Gasteiger partial charge in [-0.1, -0.05) is 30.3 Å². The van der Waals surface area contributed by atoms with Crippen molar-refractivity contribution in [3.8, 4) is 0 Å². The third-order valence-corrected chi connectivity index (χ3v) is 4.87. The molecule has 4 heteroatoms. The second-order valence-corrected chi connectivity index (χ2v) is 6.83. The molecule has 23 heavy (non-hydrogen) atoms. The van der Waals surface area contributed by atoms with Crippen LogP contribution in [0.25, 0.3) is 0 Å². The predicted molar refractivity (Wildman–Crippen MR) is 102 cm³/mol. The molecule has 0 aliphatic carbocycles. The normalized spacial score (nSPS) is 15.1. The zero-order valence-corrected chi connectivity index (χ0v) is 15.2. The molecule has 0 aromatic heterocycles. The van der Waals surface area contributed by atoms with Gasteiger partial charge < -0.3 is 10.2 Å². The number of benzene rings is 2. The zero-order valence-electron chi connectivity index (χ0n) is 13.6. The lowest BCUT2D eigenvalue weighted by molar-refractivity contribution is 0.518. The van der Waals surface area contributed by atoms with E-state index in [4.69, 9.17) is 4.99 Å². The SMILES string of the molecule is Cc1cccc(C)c1N=C(Nc1ccccc1Br)N1CCCC1. The first-order valence-corrected chi connectivity index (χ1v) is 8.86. The number of aryl methyl sites for hydroxylation is 2. The highest BCUT2D eigenvalue weighted by Gasteiger charge is 2.18. The smallest absolute Gasteiger partial charge is 0.203 e. The molecule has 1 saturated heterocycles. The van der Waals surface area contributed by atoms with Gasteiger partial charge in [-0.05, 0) is 65.9 Å². The molecule has 1 heterocycles. The predicted octanol–water partition coefficient (Wildman–Crippen LogP) is 5.26. The molecule has 2 aromatic carbocycles. The Hall–Kier alpha value is -1.81. The Morgan fingerprint density at radius 1 is 1.00 bits per heavy atom. The summed E-state index contributed by atoms with van der Waals surface area (Å²) in [5.41, 5.74) is 4.52. The van der Waals surface area contributed by atoms with Crippen LogP contribution in [0.4, 0.5) is 11.4 Å². The van der Waals surface area contributed by atoms with Gasteiger partial charge in [-0.2, -0.15) is 0 Å². The van der Waals surface area contributed by atoms with Crippen molar-refractivity contribution in [3.63, 3.8) is 0 Å². The topological polar surface area (TPSA) is 27.6 Å². The molecule has 120 valence electrons. The third kappa shape index (κ3) is 3.75. The Morgan fingerprint density at radius 3 is 2.30 bits per heavy atom. The number of halogens is 1. The van der Waals surface area contributed by atoms with Gasteiger partial charge in [0.25, 0.3) is 0 Å². The summed E-state index contributed by atoms with van der Waals surface area (Å²) in [4.78, 5) is 7.33. The van der Waals surface area contributed by atoms with Gasteiger partial charge in [-0.15, -0.1) is 0 Å². The molecule has 2 aromatic rings. The van der Waals surface area contributed by atoms with Crippen molar-refractivity contribution < 1.29 is 0 Å². The maximum absolute atomic E-state index is 4.99. The van der Waals surface area contributed by atoms with Gasteiger partial charge in [-0.3, -0.25) is 0 Å². The van der Waals surface area contributed by atoms with E-state index < -0.39 is 0 Å². The lowest BCUT2D eigenvalue weighted by Crippen LogP contribution is -2.34. The van der Waals surface area contributed by atoms with E-state index in [9.17, 15) is 0 Å². The molecule has 0 unspecified atom stereocenters. The summed E-state index contributed by atoms with van der Waals surface area (Å²) in [6, 6.07) is 14.5. The minimum atomic E-state index is 0.937. The number of hydrogen-bond donors (Lipinski definition) is 1. The van der Waals surface area contributed by atoms with Crippen LogP contribution in [0.2, 0.25) is 0 Å². The fraction of sp³-hybridized carbons (Fsp3) is 0.316. The lowest BCUT2D eigenvalue weighted by Gasteiger charge is -2.22. The first-order chi connectivity index (χ1) is 11.1. The van der Waals surface area contributed by atoms with E-state index >= 15 is 0 Å². The average Bonchev–Trinajstić information content (AvgIpc) is 3.06. The molecule has 0 atom stereocenters. The minimum absolute atomic E-state index is 0.937. The molecule has 1 aliphatic heterocycles. The van der Waals surface area contributed by atoms with E-state index in [1.54, 1.807) is 0 Å². The standard InChI is InChI=1S/C19H22BrN3/c1-14-8-7-9-15(2)18(14)22-19(23-12-5-6-13-23)21-17-11-4-3-10-16(17)20/h3-4,7-11H,5-6,12-13H2,1-2H3,(H,21,22). The van der Waals surface area contributed by atoms with Crippen molar-refractivity contribution in [1.82, 2.24) is 4.90 Å². The summed E-state index contributed by atoms with van der Waals surface area (Å²) in [6.45, 7) is 6.35. The Balaban J connectivity index is 1.99. The molecule has 1 fully saturated rings. The van der Waals surface area contributed by atoms with Crippen molar-refractivity contribution in [2.45, 2.75) is 26.7 Å². The second-order valence-electron chi connectivity index (χ2n) is 5.97.